The van der Waals surface area contributed by atoms with Crippen molar-refractivity contribution in [2.75, 3.05) is 35.5 Å². The Balaban J connectivity index is 1.70. The van der Waals surface area contributed by atoms with Gasteiger partial charge in [-0.15, -0.1) is 0 Å². The smallest absolute Gasteiger partial charge is 0.343 e. The van der Waals surface area contributed by atoms with Gasteiger partial charge in [-0.3, -0.25) is 0 Å². The number of hydrogen-bond acceptors (Lipinski definition) is 10. The van der Waals surface area contributed by atoms with Crippen LogP contribution in [0, 0.1) is 11.3 Å². The Labute approximate surface area is 219 Å². The van der Waals surface area contributed by atoms with E-state index in [4.69, 9.17) is 38.9 Å². The molecule has 0 bridgehead atoms. The normalized spacial score (nSPS) is 13.9. The van der Waals surface area contributed by atoms with E-state index in [0.29, 0.717) is 40.1 Å². The molecule has 1 unspecified atom stereocenters. The zero-order chi connectivity index (χ0) is 27.4. The van der Waals surface area contributed by atoms with Crippen LogP contribution in [0.25, 0.3) is 0 Å². The van der Waals surface area contributed by atoms with Crippen LogP contribution in [0.15, 0.2) is 60.0 Å². The predicted molar refractivity (Wildman–Crippen MR) is 136 cm³/mol. The van der Waals surface area contributed by atoms with Crippen molar-refractivity contribution in [3.05, 3.63) is 76.7 Å². The van der Waals surface area contributed by atoms with Crippen molar-refractivity contribution < 1.29 is 38.0 Å². The van der Waals surface area contributed by atoms with Crippen LogP contribution in [0.4, 0.5) is 0 Å². The number of carbonyl (C=O) groups excluding carboxylic acids is 1. The number of hydrogen-bond donors (Lipinski definition) is 1. The Hall–Kier alpha value is -5.04. The summed E-state index contributed by atoms with van der Waals surface area (Å²) in [6.07, 6.45) is 0. The van der Waals surface area contributed by atoms with Gasteiger partial charge >= 0.3 is 5.97 Å². The first kappa shape index (κ1) is 26.0. The van der Waals surface area contributed by atoms with Crippen LogP contribution in [0.1, 0.15) is 27.4 Å². The summed E-state index contributed by atoms with van der Waals surface area (Å²) in [6.45, 7) is 0. The number of nitrogens with zero attached hydrogens (tertiary/aromatic N) is 1. The second-order valence-corrected chi connectivity index (χ2v) is 8.04. The molecular weight excluding hydrogens is 492 g/mol. The van der Waals surface area contributed by atoms with Crippen LogP contribution in [0.5, 0.6) is 40.2 Å². The van der Waals surface area contributed by atoms with Gasteiger partial charge in [0, 0.05) is 11.6 Å². The lowest BCUT2D eigenvalue weighted by Gasteiger charge is -2.27. The van der Waals surface area contributed by atoms with E-state index in [0.717, 1.165) is 5.56 Å². The number of benzene rings is 3. The number of ether oxygens (including phenoxy) is 7. The molecule has 3 aromatic rings. The number of fused-ring (bicyclic) bond motifs is 1. The van der Waals surface area contributed by atoms with Gasteiger partial charge in [0.05, 0.1) is 47.0 Å². The monoisotopic (exact) mass is 518 g/mol. The fourth-order valence-electron chi connectivity index (χ4n) is 4.24. The van der Waals surface area contributed by atoms with E-state index in [-0.39, 0.29) is 22.8 Å². The number of methoxy groups -OCH3 is 5. The Morgan fingerprint density at radius 2 is 1.50 bits per heavy atom. The highest BCUT2D eigenvalue weighted by atomic mass is 16.5. The third-order valence-electron chi connectivity index (χ3n) is 6.04. The minimum atomic E-state index is -0.655. The highest BCUT2D eigenvalue weighted by molar-refractivity contribution is 5.92. The summed E-state index contributed by atoms with van der Waals surface area (Å²) in [7, 11) is 7.45. The quantitative estimate of drug-likeness (QED) is 0.342. The summed E-state index contributed by atoms with van der Waals surface area (Å²) < 4.78 is 38.1. The SMILES string of the molecule is COc1ccc(C2C(C#N)=C(N)Oc3cc(OC(=O)c4cc(OC)c(OC)c(OC)c4)ccc32)cc1OC. The summed E-state index contributed by atoms with van der Waals surface area (Å²) in [4.78, 5) is 13.0. The van der Waals surface area contributed by atoms with Crippen LogP contribution in [-0.4, -0.2) is 41.5 Å². The molecule has 4 rings (SSSR count). The van der Waals surface area contributed by atoms with Crippen LogP contribution in [0.3, 0.4) is 0 Å². The number of carbonyl (C=O) groups is 1. The molecule has 1 aliphatic rings. The topological polar surface area (TPSA) is 131 Å². The van der Waals surface area contributed by atoms with Crippen LogP contribution in [0.2, 0.25) is 0 Å². The molecule has 0 aliphatic carbocycles. The van der Waals surface area contributed by atoms with Gasteiger partial charge in [-0.25, -0.2) is 4.79 Å². The maximum Gasteiger partial charge on any atom is 0.343 e. The molecule has 1 aliphatic heterocycles. The highest BCUT2D eigenvalue weighted by Crippen LogP contribution is 2.45. The molecule has 196 valence electrons. The van der Waals surface area contributed by atoms with Crippen molar-refractivity contribution >= 4 is 5.97 Å². The van der Waals surface area contributed by atoms with Gasteiger partial charge in [-0.2, -0.15) is 5.26 Å². The van der Waals surface area contributed by atoms with Gasteiger partial charge in [0.25, 0.3) is 0 Å². The highest BCUT2D eigenvalue weighted by Gasteiger charge is 2.32. The number of nitriles is 1. The first-order valence-electron chi connectivity index (χ1n) is 11.3. The van der Waals surface area contributed by atoms with E-state index >= 15 is 0 Å². The largest absolute Gasteiger partial charge is 0.493 e. The molecular formula is C28H26N2O8. The van der Waals surface area contributed by atoms with Crippen LogP contribution in [-0.2, 0) is 0 Å². The Kier molecular flexibility index (Phi) is 7.48. The van der Waals surface area contributed by atoms with Gasteiger partial charge in [0.2, 0.25) is 11.6 Å². The summed E-state index contributed by atoms with van der Waals surface area (Å²) in [5.41, 5.74) is 7.96. The van der Waals surface area contributed by atoms with E-state index in [9.17, 15) is 10.1 Å². The number of nitrogens with two attached hydrogens (primary N) is 1. The molecule has 0 spiro atoms. The third-order valence-corrected chi connectivity index (χ3v) is 6.04. The molecule has 2 N–H and O–H groups in total. The zero-order valence-electron chi connectivity index (χ0n) is 21.5. The molecule has 0 amide bonds. The molecule has 0 fully saturated rings. The van der Waals surface area contributed by atoms with Crippen molar-refractivity contribution in [2.45, 2.75) is 5.92 Å². The minimum absolute atomic E-state index is 0.0483. The maximum atomic E-state index is 13.0. The summed E-state index contributed by atoms with van der Waals surface area (Å²) in [5.74, 6) is 1.34. The van der Waals surface area contributed by atoms with Crippen LogP contribution < -0.4 is 38.9 Å². The predicted octanol–water partition coefficient (Wildman–Crippen LogP) is 4.17. The van der Waals surface area contributed by atoms with Crippen molar-refractivity contribution in [1.29, 1.82) is 5.26 Å². The summed E-state index contributed by atoms with van der Waals surface area (Å²) in [5, 5.41) is 9.85. The molecule has 1 atom stereocenters. The standard InChI is InChI=1S/C28H26N2O8/c1-32-20-9-6-15(10-22(20)33-2)25-18-8-7-17(13-21(18)38-27(30)19(25)14-29)37-28(31)16-11-23(34-3)26(36-5)24(12-16)35-4/h6-13,25H,30H2,1-5H3. The molecule has 0 radical (unpaired) electrons. The third kappa shape index (κ3) is 4.69. The van der Waals surface area contributed by atoms with Gasteiger partial charge in [0.15, 0.2) is 23.0 Å². The van der Waals surface area contributed by atoms with E-state index in [1.54, 1.807) is 37.4 Å². The van der Waals surface area contributed by atoms with Crippen molar-refractivity contribution in [3.63, 3.8) is 0 Å². The lowest BCUT2D eigenvalue weighted by atomic mass is 9.83. The fourth-order valence-corrected chi connectivity index (χ4v) is 4.24. The minimum Gasteiger partial charge on any atom is -0.493 e. The van der Waals surface area contributed by atoms with Crippen molar-refractivity contribution in [1.82, 2.24) is 0 Å². The first-order valence-corrected chi connectivity index (χ1v) is 11.3. The Morgan fingerprint density at radius 1 is 0.842 bits per heavy atom. The fraction of sp³-hybridized carbons (Fsp3) is 0.214. The molecule has 0 saturated heterocycles. The average molecular weight is 519 g/mol. The van der Waals surface area contributed by atoms with Gasteiger partial charge in [-0.05, 0) is 35.9 Å². The number of esters is 1. The maximum absolute atomic E-state index is 13.0. The molecule has 10 nitrogen and oxygen atoms in total. The second kappa shape index (κ2) is 10.9. The van der Waals surface area contributed by atoms with E-state index in [1.807, 2.05) is 6.07 Å². The average Bonchev–Trinajstić information content (AvgIpc) is 2.94. The molecule has 1 heterocycles. The Morgan fingerprint density at radius 3 is 2.08 bits per heavy atom. The molecule has 0 saturated carbocycles. The molecule has 0 aromatic heterocycles. The van der Waals surface area contributed by atoms with E-state index < -0.39 is 11.9 Å². The lowest BCUT2D eigenvalue weighted by Crippen LogP contribution is -2.21. The molecule has 3 aromatic carbocycles. The first-order chi connectivity index (χ1) is 18.4. The van der Waals surface area contributed by atoms with Gasteiger partial charge in [-0.1, -0.05) is 12.1 Å². The number of rotatable bonds is 8. The second-order valence-electron chi connectivity index (χ2n) is 8.04. The van der Waals surface area contributed by atoms with Crippen molar-refractivity contribution in [3.8, 4) is 46.3 Å². The zero-order valence-corrected chi connectivity index (χ0v) is 21.5. The van der Waals surface area contributed by atoms with Gasteiger partial charge < -0.3 is 38.9 Å². The molecule has 38 heavy (non-hydrogen) atoms. The van der Waals surface area contributed by atoms with Crippen LogP contribution >= 0.6 is 0 Å². The summed E-state index contributed by atoms with van der Waals surface area (Å²) in [6, 6.07) is 15.4. The van der Waals surface area contributed by atoms with E-state index in [1.165, 1.54) is 40.6 Å². The van der Waals surface area contributed by atoms with Crippen molar-refractivity contribution in [2.24, 2.45) is 5.73 Å². The molecule has 10 heteroatoms. The van der Waals surface area contributed by atoms with Gasteiger partial charge in [0.1, 0.15) is 23.1 Å². The van der Waals surface area contributed by atoms with E-state index in [2.05, 4.69) is 6.07 Å². The lowest BCUT2D eigenvalue weighted by molar-refractivity contribution is 0.0733. The Bertz CT molecular complexity index is 1430. The summed E-state index contributed by atoms with van der Waals surface area (Å²) >= 11 is 0. The number of allylic oxidation sites excluding steroid dienone is 1.